The molecule has 2 rings (SSSR count). The number of nitrogens with zero attached hydrogens (tertiary/aromatic N) is 1. The summed E-state index contributed by atoms with van der Waals surface area (Å²) in [4.78, 5) is 4.27. The Kier molecular flexibility index (Phi) is 3.37. The zero-order valence-corrected chi connectivity index (χ0v) is 10.1. The maximum Gasteiger partial charge on any atom is 0.124 e. The van der Waals surface area contributed by atoms with Crippen LogP contribution in [0.2, 0.25) is 0 Å². The molecule has 0 atom stereocenters. The lowest BCUT2D eigenvalue weighted by molar-refractivity contribution is 0.474. The lowest BCUT2D eigenvalue weighted by Gasteiger charge is -1.97. The van der Waals surface area contributed by atoms with Gasteiger partial charge in [0.1, 0.15) is 5.75 Å². The Balaban J connectivity index is 2.21. The van der Waals surface area contributed by atoms with Gasteiger partial charge in [-0.1, -0.05) is 28.1 Å². The number of para-hydroxylation sites is 1. The maximum absolute atomic E-state index is 9.53. The predicted molar refractivity (Wildman–Crippen MR) is 69.5 cm³/mol. The molecule has 1 N–H and O–H groups in total. The lowest BCUT2D eigenvalue weighted by Crippen LogP contribution is -1.80. The second-order valence-corrected chi connectivity index (χ2v) is 4.21. The van der Waals surface area contributed by atoms with Crippen LogP contribution in [0.15, 0.2) is 58.0 Å². The average Bonchev–Trinajstić information content (AvgIpc) is 2.30. The Morgan fingerprint density at radius 1 is 1.00 bits per heavy atom. The van der Waals surface area contributed by atoms with E-state index in [4.69, 9.17) is 0 Å². The monoisotopic (exact) mass is 275 g/mol. The van der Waals surface area contributed by atoms with Crippen molar-refractivity contribution in [1.29, 1.82) is 0 Å². The zero-order valence-electron chi connectivity index (χ0n) is 8.47. The van der Waals surface area contributed by atoms with Gasteiger partial charge in [-0.25, -0.2) is 0 Å². The molecule has 0 heterocycles. The van der Waals surface area contributed by atoms with Crippen molar-refractivity contribution < 1.29 is 5.11 Å². The molecule has 0 aromatic heterocycles. The van der Waals surface area contributed by atoms with Gasteiger partial charge in [-0.2, -0.15) is 0 Å². The van der Waals surface area contributed by atoms with Gasteiger partial charge >= 0.3 is 0 Å². The fourth-order valence-electron chi connectivity index (χ4n) is 1.27. The normalized spacial score (nSPS) is 10.8. The van der Waals surface area contributed by atoms with Gasteiger partial charge < -0.3 is 5.11 Å². The van der Waals surface area contributed by atoms with Gasteiger partial charge in [-0.3, -0.25) is 4.99 Å². The predicted octanol–water partition coefficient (Wildman–Crippen LogP) is 3.91. The van der Waals surface area contributed by atoms with E-state index in [1.54, 1.807) is 18.3 Å². The number of rotatable bonds is 2. The van der Waals surface area contributed by atoms with Crippen LogP contribution in [0.4, 0.5) is 5.69 Å². The molecular formula is C13H10BrNO. The van der Waals surface area contributed by atoms with Gasteiger partial charge in [0.2, 0.25) is 0 Å². The summed E-state index contributed by atoms with van der Waals surface area (Å²) in [7, 11) is 0. The number of hydrogen-bond donors (Lipinski definition) is 1. The Bertz CT molecular complexity index is 506. The molecule has 80 valence electrons. The summed E-state index contributed by atoms with van der Waals surface area (Å²) in [6, 6.07) is 14.8. The first-order valence-corrected chi connectivity index (χ1v) is 5.62. The highest BCUT2D eigenvalue weighted by Gasteiger charge is 1.94. The third-order valence-corrected chi connectivity index (χ3v) is 2.64. The van der Waals surface area contributed by atoms with Crippen molar-refractivity contribution in [1.82, 2.24) is 0 Å². The molecule has 0 unspecified atom stereocenters. The molecule has 0 aliphatic carbocycles. The van der Waals surface area contributed by atoms with Gasteiger partial charge in [-0.15, -0.1) is 0 Å². The minimum atomic E-state index is 0.239. The molecular weight excluding hydrogens is 266 g/mol. The van der Waals surface area contributed by atoms with E-state index in [9.17, 15) is 5.11 Å². The summed E-state index contributed by atoms with van der Waals surface area (Å²) >= 11 is 3.36. The first kappa shape index (κ1) is 10.9. The second kappa shape index (κ2) is 4.94. The molecule has 0 saturated heterocycles. The summed E-state index contributed by atoms with van der Waals surface area (Å²) in [5.41, 5.74) is 1.57. The van der Waals surface area contributed by atoms with Crippen molar-refractivity contribution in [3.8, 4) is 5.75 Å². The third-order valence-electron chi connectivity index (χ3n) is 2.12. The van der Waals surface area contributed by atoms with E-state index in [1.807, 2.05) is 36.4 Å². The van der Waals surface area contributed by atoms with E-state index in [1.165, 1.54) is 0 Å². The molecule has 0 saturated carbocycles. The second-order valence-electron chi connectivity index (χ2n) is 3.29. The molecule has 0 bridgehead atoms. The van der Waals surface area contributed by atoms with E-state index in [0.29, 0.717) is 5.56 Å². The van der Waals surface area contributed by atoms with Crippen molar-refractivity contribution in [2.45, 2.75) is 0 Å². The minimum Gasteiger partial charge on any atom is -0.507 e. The minimum absolute atomic E-state index is 0.239. The van der Waals surface area contributed by atoms with Crippen LogP contribution in [0.5, 0.6) is 5.75 Å². The zero-order chi connectivity index (χ0) is 11.4. The largest absolute Gasteiger partial charge is 0.507 e. The molecule has 0 aliphatic heterocycles. The van der Waals surface area contributed by atoms with Crippen LogP contribution in [-0.4, -0.2) is 11.3 Å². The van der Waals surface area contributed by atoms with Crippen molar-refractivity contribution in [3.63, 3.8) is 0 Å². The quantitative estimate of drug-likeness (QED) is 0.829. The molecule has 0 radical (unpaired) electrons. The summed E-state index contributed by atoms with van der Waals surface area (Å²) in [6.07, 6.45) is 1.65. The van der Waals surface area contributed by atoms with Gasteiger partial charge in [0, 0.05) is 16.3 Å². The summed E-state index contributed by atoms with van der Waals surface area (Å²) in [5.74, 6) is 0.239. The number of halogens is 1. The highest BCUT2D eigenvalue weighted by molar-refractivity contribution is 9.10. The van der Waals surface area contributed by atoms with Gasteiger partial charge in [0.05, 0.1) is 5.69 Å². The van der Waals surface area contributed by atoms with Gasteiger partial charge in [-0.05, 0) is 36.4 Å². The van der Waals surface area contributed by atoms with E-state index in [-0.39, 0.29) is 5.75 Å². The smallest absolute Gasteiger partial charge is 0.124 e. The van der Waals surface area contributed by atoms with Crippen molar-refractivity contribution >= 4 is 27.8 Å². The molecule has 0 aliphatic rings. The first-order valence-electron chi connectivity index (χ1n) is 4.83. The average molecular weight is 276 g/mol. The Morgan fingerprint density at radius 2 is 1.69 bits per heavy atom. The molecule has 2 aromatic rings. The molecule has 0 spiro atoms. The van der Waals surface area contributed by atoms with Crippen LogP contribution < -0.4 is 0 Å². The van der Waals surface area contributed by atoms with Crippen molar-refractivity contribution in [2.24, 2.45) is 4.99 Å². The third kappa shape index (κ3) is 2.70. The summed E-state index contributed by atoms with van der Waals surface area (Å²) < 4.78 is 1.02. The van der Waals surface area contributed by atoms with Crippen molar-refractivity contribution in [2.75, 3.05) is 0 Å². The number of phenols is 1. The van der Waals surface area contributed by atoms with Gasteiger partial charge in [0.25, 0.3) is 0 Å². The highest BCUT2D eigenvalue weighted by atomic mass is 79.9. The van der Waals surface area contributed by atoms with Crippen LogP contribution in [-0.2, 0) is 0 Å². The summed E-state index contributed by atoms with van der Waals surface area (Å²) in [5, 5.41) is 9.53. The Morgan fingerprint density at radius 3 is 2.38 bits per heavy atom. The molecule has 3 heteroatoms. The number of phenolic OH excluding ortho intramolecular Hbond substituents is 1. The topological polar surface area (TPSA) is 32.6 Å². The van der Waals surface area contributed by atoms with Crippen molar-refractivity contribution in [3.05, 3.63) is 58.6 Å². The van der Waals surface area contributed by atoms with E-state index >= 15 is 0 Å². The molecule has 2 nitrogen and oxygen atoms in total. The number of aliphatic imine (C=N–C) groups is 1. The SMILES string of the molecule is Oc1ccccc1/C=N/c1ccc(Br)cc1. The fourth-order valence-corrected chi connectivity index (χ4v) is 1.53. The van der Waals surface area contributed by atoms with E-state index in [2.05, 4.69) is 20.9 Å². The van der Waals surface area contributed by atoms with Crippen LogP contribution in [0.25, 0.3) is 0 Å². The lowest BCUT2D eigenvalue weighted by atomic mass is 10.2. The van der Waals surface area contributed by atoms with Crippen LogP contribution >= 0.6 is 15.9 Å². The number of hydrogen-bond acceptors (Lipinski definition) is 2. The molecule has 0 amide bonds. The first-order chi connectivity index (χ1) is 7.75. The van der Waals surface area contributed by atoms with Crippen LogP contribution in [0.1, 0.15) is 5.56 Å². The highest BCUT2D eigenvalue weighted by Crippen LogP contribution is 2.18. The maximum atomic E-state index is 9.53. The van der Waals surface area contributed by atoms with E-state index in [0.717, 1.165) is 10.2 Å². The molecule has 2 aromatic carbocycles. The molecule has 16 heavy (non-hydrogen) atoms. The number of benzene rings is 2. The molecule has 0 fully saturated rings. The Hall–Kier alpha value is -1.61. The number of aromatic hydroxyl groups is 1. The van der Waals surface area contributed by atoms with E-state index < -0.39 is 0 Å². The van der Waals surface area contributed by atoms with Crippen LogP contribution in [0, 0.1) is 0 Å². The summed E-state index contributed by atoms with van der Waals surface area (Å²) in [6.45, 7) is 0. The van der Waals surface area contributed by atoms with Crippen LogP contribution in [0.3, 0.4) is 0 Å². The van der Waals surface area contributed by atoms with Gasteiger partial charge in [0.15, 0.2) is 0 Å². The fraction of sp³-hybridized carbons (Fsp3) is 0. The Labute approximate surface area is 102 Å². The standard InChI is InChI=1S/C13H10BrNO/c14-11-5-7-12(8-6-11)15-9-10-3-1-2-4-13(10)16/h1-9,16H/b15-9+.